The number of hydrogen-bond donors (Lipinski definition) is 1. The summed E-state index contributed by atoms with van der Waals surface area (Å²) in [6, 6.07) is 0.817. The van der Waals surface area contributed by atoms with E-state index in [0.717, 1.165) is 6.04 Å². The smallest absolute Gasteiger partial charge is 0.0220 e. The van der Waals surface area contributed by atoms with Gasteiger partial charge in [0.25, 0.3) is 0 Å². The molecular formula is C14H30N2. The van der Waals surface area contributed by atoms with Crippen LogP contribution >= 0.6 is 0 Å². The van der Waals surface area contributed by atoms with E-state index in [1.54, 1.807) is 0 Å². The van der Waals surface area contributed by atoms with Crippen LogP contribution in [0.1, 0.15) is 58.8 Å². The van der Waals surface area contributed by atoms with Gasteiger partial charge in [0, 0.05) is 12.6 Å². The molecule has 96 valence electrons. The molecule has 1 saturated heterocycles. The quantitative estimate of drug-likeness (QED) is 0.640. The third-order valence-electron chi connectivity index (χ3n) is 3.64. The molecule has 0 aromatic carbocycles. The zero-order valence-corrected chi connectivity index (χ0v) is 11.3. The summed E-state index contributed by atoms with van der Waals surface area (Å²) in [4.78, 5) is 2.71. The summed E-state index contributed by atoms with van der Waals surface area (Å²) in [6.07, 6.45) is 9.57. The van der Waals surface area contributed by atoms with Gasteiger partial charge in [0.05, 0.1) is 0 Å². The number of nitrogens with one attached hydrogen (secondary N) is 1. The third-order valence-corrected chi connectivity index (χ3v) is 3.64. The number of hydrogen-bond acceptors (Lipinski definition) is 2. The highest BCUT2D eigenvalue weighted by atomic mass is 15.2. The SMILES string of the molecule is CCCCNCC1CCCCN1CCCC. The maximum Gasteiger partial charge on any atom is 0.0220 e. The second kappa shape index (κ2) is 9.00. The predicted octanol–water partition coefficient (Wildman–Crippen LogP) is 3.03. The van der Waals surface area contributed by atoms with E-state index in [-0.39, 0.29) is 0 Å². The molecule has 1 aliphatic rings. The zero-order valence-electron chi connectivity index (χ0n) is 11.3. The van der Waals surface area contributed by atoms with Crippen molar-refractivity contribution in [2.45, 2.75) is 64.8 Å². The Labute approximate surface area is 102 Å². The van der Waals surface area contributed by atoms with Crippen LogP contribution in [0.4, 0.5) is 0 Å². The van der Waals surface area contributed by atoms with E-state index < -0.39 is 0 Å². The van der Waals surface area contributed by atoms with E-state index in [4.69, 9.17) is 0 Å². The van der Waals surface area contributed by atoms with E-state index in [2.05, 4.69) is 24.1 Å². The molecule has 1 unspecified atom stereocenters. The Kier molecular flexibility index (Phi) is 7.87. The second-order valence-electron chi connectivity index (χ2n) is 5.10. The van der Waals surface area contributed by atoms with Crippen molar-refractivity contribution in [2.75, 3.05) is 26.2 Å². The highest BCUT2D eigenvalue weighted by molar-refractivity contribution is 4.78. The monoisotopic (exact) mass is 226 g/mol. The molecule has 1 aliphatic heterocycles. The van der Waals surface area contributed by atoms with Gasteiger partial charge in [0.1, 0.15) is 0 Å². The lowest BCUT2D eigenvalue weighted by Gasteiger charge is -2.36. The molecule has 1 heterocycles. The summed E-state index contributed by atoms with van der Waals surface area (Å²) >= 11 is 0. The fourth-order valence-electron chi connectivity index (χ4n) is 2.52. The minimum absolute atomic E-state index is 0.817. The van der Waals surface area contributed by atoms with Crippen LogP contribution in [0.2, 0.25) is 0 Å². The first-order valence-corrected chi connectivity index (χ1v) is 7.33. The van der Waals surface area contributed by atoms with Crippen molar-refractivity contribution in [3.63, 3.8) is 0 Å². The van der Waals surface area contributed by atoms with Gasteiger partial charge in [-0.15, -0.1) is 0 Å². The Morgan fingerprint density at radius 3 is 2.69 bits per heavy atom. The number of unbranched alkanes of at least 4 members (excludes halogenated alkanes) is 2. The summed E-state index contributed by atoms with van der Waals surface area (Å²) in [7, 11) is 0. The lowest BCUT2D eigenvalue weighted by atomic mass is 10.0. The van der Waals surface area contributed by atoms with Crippen molar-refractivity contribution in [1.29, 1.82) is 0 Å². The van der Waals surface area contributed by atoms with Crippen LogP contribution in [0.3, 0.4) is 0 Å². The number of rotatable bonds is 8. The maximum atomic E-state index is 3.62. The summed E-state index contributed by atoms with van der Waals surface area (Å²) in [5.41, 5.74) is 0. The molecule has 0 amide bonds. The molecule has 0 saturated carbocycles. The van der Waals surface area contributed by atoms with E-state index in [1.165, 1.54) is 71.1 Å². The molecule has 1 N–H and O–H groups in total. The Morgan fingerprint density at radius 2 is 1.94 bits per heavy atom. The van der Waals surface area contributed by atoms with E-state index in [9.17, 15) is 0 Å². The molecule has 0 spiro atoms. The normalized spacial score (nSPS) is 22.5. The van der Waals surface area contributed by atoms with E-state index >= 15 is 0 Å². The van der Waals surface area contributed by atoms with Crippen molar-refractivity contribution >= 4 is 0 Å². The molecule has 0 bridgehead atoms. The van der Waals surface area contributed by atoms with Crippen LogP contribution in [0.5, 0.6) is 0 Å². The van der Waals surface area contributed by atoms with Gasteiger partial charge in [0.15, 0.2) is 0 Å². The van der Waals surface area contributed by atoms with Gasteiger partial charge in [-0.1, -0.05) is 33.1 Å². The molecule has 2 heteroatoms. The Hall–Kier alpha value is -0.0800. The Morgan fingerprint density at radius 1 is 1.12 bits per heavy atom. The average Bonchev–Trinajstić information content (AvgIpc) is 2.33. The summed E-state index contributed by atoms with van der Waals surface area (Å²) in [5.74, 6) is 0. The minimum atomic E-state index is 0.817. The molecular weight excluding hydrogens is 196 g/mol. The van der Waals surface area contributed by atoms with Crippen molar-refractivity contribution in [3.8, 4) is 0 Å². The lowest BCUT2D eigenvalue weighted by Crippen LogP contribution is -2.45. The Bertz CT molecular complexity index is 159. The van der Waals surface area contributed by atoms with Crippen LogP contribution in [0.25, 0.3) is 0 Å². The molecule has 0 aliphatic carbocycles. The first kappa shape index (κ1) is 14.0. The second-order valence-corrected chi connectivity index (χ2v) is 5.10. The molecule has 0 radical (unpaired) electrons. The van der Waals surface area contributed by atoms with Crippen LogP contribution in [-0.2, 0) is 0 Å². The largest absolute Gasteiger partial charge is 0.315 e. The molecule has 0 aromatic heterocycles. The van der Waals surface area contributed by atoms with Crippen LogP contribution in [-0.4, -0.2) is 37.1 Å². The van der Waals surface area contributed by atoms with Crippen LogP contribution < -0.4 is 5.32 Å². The molecule has 1 fully saturated rings. The fourth-order valence-corrected chi connectivity index (χ4v) is 2.52. The first-order chi connectivity index (χ1) is 7.88. The zero-order chi connectivity index (χ0) is 11.6. The number of likely N-dealkylation sites (tertiary alicyclic amines) is 1. The van der Waals surface area contributed by atoms with Crippen molar-refractivity contribution < 1.29 is 0 Å². The van der Waals surface area contributed by atoms with Gasteiger partial charge >= 0.3 is 0 Å². The topological polar surface area (TPSA) is 15.3 Å². The average molecular weight is 226 g/mol. The number of nitrogens with zero attached hydrogens (tertiary/aromatic N) is 1. The predicted molar refractivity (Wildman–Crippen MR) is 71.9 cm³/mol. The summed E-state index contributed by atoms with van der Waals surface area (Å²) in [5, 5.41) is 3.62. The van der Waals surface area contributed by atoms with Crippen molar-refractivity contribution in [1.82, 2.24) is 10.2 Å². The van der Waals surface area contributed by atoms with E-state index in [0.29, 0.717) is 0 Å². The third kappa shape index (κ3) is 5.31. The highest BCUT2D eigenvalue weighted by Gasteiger charge is 2.20. The van der Waals surface area contributed by atoms with Crippen LogP contribution in [0, 0.1) is 0 Å². The molecule has 2 nitrogen and oxygen atoms in total. The molecule has 1 atom stereocenters. The standard InChI is InChI=1S/C14H30N2/c1-3-5-10-15-13-14-9-7-8-12-16(14)11-6-4-2/h14-15H,3-13H2,1-2H3. The fraction of sp³-hybridized carbons (Fsp3) is 1.00. The van der Waals surface area contributed by atoms with Crippen LogP contribution in [0.15, 0.2) is 0 Å². The lowest BCUT2D eigenvalue weighted by molar-refractivity contribution is 0.143. The van der Waals surface area contributed by atoms with Crippen molar-refractivity contribution in [2.24, 2.45) is 0 Å². The molecule has 1 rings (SSSR count). The first-order valence-electron chi connectivity index (χ1n) is 7.33. The van der Waals surface area contributed by atoms with E-state index in [1.807, 2.05) is 0 Å². The maximum absolute atomic E-state index is 3.62. The van der Waals surface area contributed by atoms with Gasteiger partial charge in [-0.3, -0.25) is 4.90 Å². The van der Waals surface area contributed by atoms with Gasteiger partial charge in [-0.2, -0.15) is 0 Å². The summed E-state index contributed by atoms with van der Waals surface area (Å²) in [6.45, 7) is 9.61. The summed E-state index contributed by atoms with van der Waals surface area (Å²) < 4.78 is 0. The molecule has 0 aromatic rings. The van der Waals surface area contributed by atoms with Crippen molar-refractivity contribution in [3.05, 3.63) is 0 Å². The van der Waals surface area contributed by atoms with Gasteiger partial charge in [-0.25, -0.2) is 0 Å². The van der Waals surface area contributed by atoms with Gasteiger partial charge in [-0.05, 0) is 45.3 Å². The minimum Gasteiger partial charge on any atom is -0.315 e. The number of piperidine rings is 1. The highest BCUT2D eigenvalue weighted by Crippen LogP contribution is 2.16. The van der Waals surface area contributed by atoms with Gasteiger partial charge < -0.3 is 5.32 Å². The van der Waals surface area contributed by atoms with Gasteiger partial charge in [0.2, 0.25) is 0 Å². The molecule has 16 heavy (non-hydrogen) atoms. The Balaban J connectivity index is 2.18.